The van der Waals surface area contributed by atoms with Gasteiger partial charge in [0.25, 0.3) is 11.8 Å². The quantitative estimate of drug-likeness (QED) is 0.334. The van der Waals surface area contributed by atoms with E-state index in [4.69, 9.17) is 9.47 Å². The first-order valence-corrected chi connectivity index (χ1v) is 12.6. The highest BCUT2D eigenvalue weighted by molar-refractivity contribution is 6.13. The van der Waals surface area contributed by atoms with Crippen LogP contribution in [0, 0.1) is 11.3 Å². The lowest BCUT2D eigenvalue weighted by Gasteiger charge is -2.34. The van der Waals surface area contributed by atoms with Gasteiger partial charge in [0.2, 0.25) is 0 Å². The van der Waals surface area contributed by atoms with Gasteiger partial charge in [0.05, 0.1) is 49.8 Å². The predicted octanol–water partition coefficient (Wildman–Crippen LogP) is 5.21. The molecule has 3 aromatic carbocycles. The molecule has 0 saturated carbocycles. The largest absolute Gasteiger partial charge is 0.496 e. The number of para-hydroxylation sites is 1. The summed E-state index contributed by atoms with van der Waals surface area (Å²) in [5.74, 6) is -3.92. The van der Waals surface area contributed by atoms with Crippen molar-refractivity contribution in [3.63, 3.8) is 0 Å². The molecule has 1 N–H and O–H groups in total. The van der Waals surface area contributed by atoms with Crippen LogP contribution in [0.2, 0.25) is 0 Å². The smallest absolute Gasteiger partial charge is 0.302 e. The lowest BCUT2D eigenvalue weighted by molar-refractivity contribution is 0.0402. The topological polar surface area (TPSA) is 109 Å². The van der Waals surface area contributed by atoms with Crippen LogP contribution in [0.3, 0.4) is 0 Å². The summed E-state index contributed by atoms with van der Waals surface area (Å²) in [5.41, 5.74) is 0.619. The number of anilines is 2. The zero-order chi connectivity index (χ0) is 29.3. The average molecular weight is 558 g/mol. The van der Waals surface area contributed by atoms with E-state index in [9.17, 15) is 14.9 Å². The van der Waals surface area contributed by atoms with Gasteiger partial charge in [0.1, 0.15) is 23.3 Å². The Hall–Kier alpha value is -5.24. The Morgan fingerprint density at radius 1 is 1.07 bits per heavy atom. The number of rotatable bonds is 7. The Bertz CT molecular complexity index is 1680. The number of methoxy groups -OCH3 is 2. The number of aromatic nitrogens is 2. The Morgan fingerprint density at radius 3 is 2.46 bits per heavy atom. The van der Waals surface area contributed by atoms with Gasteiger partial charge >= 0.3 is 5.92 Å². The van der Waals surface area contributed by atoms with Crippen molar-refractivity contribution in [1.82, 2.24) is 9.78 Å². The second-order valence-electron chi connectivity index (χ2n) is 9.42. The molecule has 0 spiro atoms. The van der Waals surface area contributed by atoms with Crippen molar-refractivity contribution in [2.24, 2.45) is 0 Å². The van der Waals surface area contributed by atoms with E-state index in [1.54, 1.807) is 6.07 Å². The molecule has 1 aliphatic rings. The number of amides is 2. The van der Waals surface area contributed by atoms with Crippen LogP contribution in [0.25, 0.3) is 0 Å². The van der Waals surface area contributed by atoms with Crippen LogP contribution in [0.4, 0.5) is 20.2 Å². The van der Waals surface area contributed by atoms with Gasteiger partial charge in [-0.15, -0.1) is 0 Å². The SMILES string of the molecule is COc1ccc(C(=O)Nc2cnn3c2C(=O)N(c2ccc(C(F)(F)c4ccccc4OC)cc2)[C@@H](C)C3)cc1C#N. The Balaban J connectivity index is 1.41. The van der Waals surface area contributed by atoms with E-state index in [1.165, 1.54) is 90.7 Å². The Kier molecular flexibility index (Phi) is 7.15. The highest BCUT2D eigenvalue weighted by atomic mass is 19.3. The summed E-state index contributed by atoms with van der Waals surface area (Å²) in [6.07, 6.45) is 1.38. The number of hydrogen-bond donors (Lipinski definition) is 1. The second kappa shape index (κ2) is 10.7. The molecule has 2 heterocycles. The molecule has 2 amide bonds. The van der Waals surface area contributed by atoms with Crippen molar-refractivity contribution >= 4 is 23.2 Å². The number of carbonyl (C=O) groups is 2. The molecule has 1 aromatic heterocycles. The van der Waals surface area contributed by atoms with Crippen LogP contribution in [0.15, 0.2) is 72.9 Å². The molecule has 11 heteroatoms. The number of benzene rings is 3. The van der Waals surface area contributed by atoms with Crippen LogP contribution < -0.4 is 19.7 Å². The van der Waals surface area contributed by atoms with E-state index >= 15 is 8.78 Å². The van der Waals surface area contributed by atoms with Gasteiger partial charge < -0.3 is 19.7 Å². The maximum Gasteiger partial charge on any atom is 0.302 e. The summed E-state index contributed by atoms with van der Waals surface area (Å²) in [6, 6.07) is 17.5. The first kappa shape index (κ1) is 27.3. The van der Waals surface area contributed by atoms with Crippen molar-refractivity contribution in [3.8, 4) is 17.6 Å². The van der Waals surface area contributed by atoms with E-state index in [0.29, 0.717) is 18.0 Å². The second-order valence-corrected chi connectivity index (χ2v) is 9.42. The third-order valence-corrected chi connectivity index (χ3v) is 6.92. The zero-order valence-electron chi connectivity index (χ0n) is 22.4. The number of hydrogen-bond acceptors (Lipinski definition) is 6. The van der Waals surface area contributed by atoms with Crippen LogP contribution >= 0.6 is 0 Å². The van der Waals surface area contributed by atoms with Gasteiger partial charge in [0.15, 0.2) is 0 Å². The minimum Gasteiger partial charge on any atom is -0.496 e. The van der Waals surface area contributed by atoms with Crippen molar-refractivity contribution in [3.05, 3.63) is 101 Å². The first-order valence-electron chi connectivity index (χ1n) is 12.6. The summed E-state index contributed by atoms with van der Waals surface area (Å²) in [5, 5.41) is 16.3. The third kappa shape index (κ3) is 4.84. The first-order chi connectivity index (χ1) is 19.7. The minimum atomic E-state index is -3.33. The molecular weight excluding hydrogens is 532 g/mol. The number of carbonyl (C=O) groups excluding carboxylic acids is 2. The van der Waals surface area contributed by atoms with Crippen LogP contribution in [-0.2, 0) is 12.5 Å². The van der Waals surface area contributed by atoms with E-state index in [-0.39, 0.29) is 45.4 Å². The lowest BCUT2D eigenvalue weighted by Crippen LogP contribution is -2.47. The fourth-order valence-electron chi connectivity index (χ4n) is 4.88. The molecule has 5 rings (SSSR count). The molecule has 0 bridgehead atoms. The molecular formula is C30H25F2N5O4. The normalized spacial score (nSPS) is 14.7. The van der Waals surface area contributed by atoms with Crippen LogP contribution in [-0.4, -0.2) is 41.9 Å². The number of nitrogens with zero attached hydrogens (tertiary/aromatic N) is 4. The predicted molar refractivity (Wildman–Crippen MR) is 147 cm³/mol. The maximum atomic E-state index is 15.4. The lowest BCUT2D eigenvalue weighted by atomic mass is 9.98. The summed E-state index contributed by atoms with van der Waals surface area (Å²) in [4.78, 5) is 28.2. The van der Waals surface area contributed by atoms with Crippen LogP contribution in [0.1, 0.15) is 44.5 Å². The van der Waals surface area contributed by atoms with Gasteiger partial charge in [0, 0.05) is 16.8 Å². The molecule has 0 unspecified atom stereocenters. The van der Waals surface area contributed by atoms with Crippen molar-refractivity contribution in [1.29, 1.82) is 5.26 Å². The molecule has 0 saturated heterocycles. The molecule has 0 fully saturated rings. The number of alkyl halides is 2. The number of fused-ring (bicyclic) bond motifs is 1. The highest BCUT2D eigenvalue weighted by Crippen LogP contribution is 2.41. The highest BCUT2D eigenvalue weighted by Gasteiger charge is 2.38. The molecule has 1 atom stereocenters. The van der Waals surface area contributed by atoms with Crippen molar-refractivity contribution in [2.45, 2.75) is 25.4 Å². The molecule has 41 heavy (non-hydrogen) atoms. The van der Waals surface area contributed by atoms with E-state index in [0.717, 1.165) is 0 Å². The fourth-order valence-corrected chi connectivity index (χ4v) is 4.88. The van der Waals surface area contributed by atoms with Crippen LogP contribution in [0.5, 0.6) is 11.5 Å². The number of nitriles is 1. The maximum absolute atomic E-state index is 15.4. The average Bonchev–Trinajstić information content (AvgIpc) is 3.39. The van der Waals surface area contributed by atoms with Gasteiger partial charge in [-0.1, -0.05) is 24.3 Å². The number of nitrogens with one attached hydrogen (secondary N) is 1. The summed E-state index contributed by atoms with van der Waals surface area (Å²) in [6.45, 7) is 2.14. The van der Waals surface area contributed by atoms with E-state index < -0.39 is 17.7 Å². The summed E-state index contributed by atoms with van der Waals surface area (Å²) >= 11 is 0. The minimum absolute atomic E-state index is 0.0720. The van der Waals surface area contributed by atoms with Gasteiger partial charge in [-0.3, -0.25) is 14.3 Å². The molecule has 4 aromatic rings. The summed E-state index contributed by atoms with van der Waals surface area (Å²) in [7, 11) is 2.76. The van der Waals surface area contributed by atoms with Crippen molar-refractivity contribution in [2.75, 3.05) is 24.4 Å². The fraction of sp³-hybridized carbons (Fsp3) is 0.200. The van der Waals surface area contributed by atoms with E-state index in [2.05, 4.69) is 10.4 Å². The standard InChI is InChI=1S/C30H25F2N5O4/c1-18-17-36-27(24(16-34-36)35-28(38)19-8-13-25(40-2)20(14-19)15-33)29(39)37(18)22-11-9-21(10-12-22)30(31,32)23-6-4-5-7-26(23)41-3/h4-14,16,18H,17H2,1-3H3,(H,35,38)/t18-/m0/s1. The number of halogens is 2. The Labute approximate surface area is 234 Å². The van der Waals surface area contributed by atoms with Gasteiger partial charge in [-0.25, -0.2) is 0 Å². The third-order valence-electron chi connectivity index (χ3n) is 6.92. The van der Waals surface area contributed by atoms with Crippen molar-refractivity contribution < 1.29 is 27.8 Å². The van der Waals surface area contributed by atoms with Gasteiger partial charge in [-0.2, -0.15) is 19.1 Å². The molecule has 208 valence electrons. The molecule has 1 aliphatic heterocycles. The Morgan fingerprint density at radius 2 is 1.78 bits per heavy atom. The molecule has 0 radical (unpaired) electrons. The zero-order valence-corrected chi connectivity index (χ0v) is 22.4. The number of ether oxygens (including phenoxy) is 2. The summed E-state index contributed by atoms with van der Waals surface area (Å²) < 4.78 is 42.5. The van der Waals surface area contributed by atoms with Gasteiger partial charge in [-0.05, 0) is 49.4 Å². The molecule has 9 nitrogen and oxygen atoms in total. The van der Waals surface area contributed by atoms with E-state index in [1.807, 2.05) is 13.0 Å². The molecule has 0 aliphatic carbocycles. The monoisotopic (exact) mass is 557 g/mol.